The van der Waals surface area contributed by atoms with Crippen molar-refractivity contribution in [3.63, 3.8) is 0 Å². The Bertz CT molecular complexity index is 771. The Labute approximate surface area is 130 Å². The quantitative estimate of drug-likeness (QED) is 0.786. The number of halogens is 1. The van der Waals surface area contributed by atoms with Crippen LogP contribution in [0.15, 0.2) is 35.1 Å². The molecule has 5 heteroatoms. The van der Waals surface area contributed by atoms with Crippen LogP contribution in [0.2, 0.25) is 0 Å². The molecule has 4 nitrogen and oxygen atoms in total. The first-order valence-electron chi connectivity index (χ1n) is 6.55. The number of pyridine rings is 1. The van der Waals surface area contributed by atoms with E-state index in [2.05, 4.69) is 20.9 Å². The molecule has 0 saturated carbocycles. The Kier molecular flexibility index (Phi) is 3.37. The number of benzene rings is 1. The van der Waals surface area contributed by atoms with E-state index in [1.54, 1.807) is 23.4 Å². The van der Waals surface area contributed by atoms with Gasteiger partial charge in [0.25, 0.3) is 11.7 Å². The number of aryl methyl sites for hydroxylation is 1. The van der Waals surface area contributed by atoms with Crippen molar-refractivity contribution in [3.05, 3.63) is 57.3 Å². The number of fused-ring (bicyclic) bond motifs is 1. The summed E-state index contributed by atoms with van der Waals surface area (Å²) in [6, 6.07) is 5.51. The minimum absolute atomic E-state index is 0.342. The van der Waals surface area contributed by atoms with E-state index < -0.39 is 11.7 Å². The fourth-order valence-electron chi connectivity index (χ4n) is 2.55. The van der Waals surface area contributed by atoms with Gasteiger partial charge in [0.2, 0.25) is 0 Å². The lowest BCUT2D eigenvalue weighted by Gasteiger charge is -2.19. The van der Waals surface area contributed by atoms with Crippen molar-refractivity contribution in [3.8, 4) is 0 Å². The molecule has 0 aliphatic carbocycles. The molecule has 0 fully saturated rings. The summed E-state index contributed by atoms with van der Waals surface area (Å²) in [5, 5.41) is 0. The van der Waals surface area contributed by atoms with Gasteiger partial charge in [0.15, 0.2) is 0 Å². The maximum Gasteiger partial charge on any atom is 0.299 e. The first-order valence-corrected chi connectivity index (χ1v) is 7.34. The van der Waals surface area contributed by atoms with Crippen LogP contribution in [0.3, 0.4) is 0 Å². The average Bonchev–Trinajstić information content (AvgIpc) is 2.69. The van der Waals surface area contributed by atoms with Crippen molar-refractivity contribution >= 4 is 33.3 Å². The monoisotopic (exact) mass is 344 g/mol. The SMILES string of the molecule is Cc1ccc2c(c1C)N(Cc1cncc(Br)c1)C(=O)C2=O. The summed E-state index contributed by atoms with van der Waals surface area (Å²) in [5.74, 6) is -0.908. The Morgan fingerprint density at radius 3 is 2.67 bits per heavy atom. The molecule has 3 rings (SSSR count). The molecule has 0 saturated heterocycles. The number of aromatic nitrogens is 1. The lowest BCUT2D eigenvalue weighted by molar-refractivity contribution is -0.114. The molecule has 0 atom stereocenters. The van der Waals surface area contributed by atoms with E-state index in [4.69, 9.17) is 0 Å². The predicted molar refractivity (Wildman–Crippen MR) is 83.4 cm³/mol. The molecule has 0 spiro atoms. The minimum atomic E-state index is -0.473. The fourth-order valence-corrected chi connectivity index (χ4v) is 2.96. The van der Waals surface area contributed by atoms with Gasteiger partial charge in [0, 0.05) is 16.9 Å². The van der Waals surface area contributed by atoms with E-state index in [9.17, 15) is 9.59 Å². The third kappa shape index (κ3) is 2.27. The average molecular weight is 345 g/mol. The van der Waals surface area contributed by atoms with Crippen molar-refractivity contribution in [1.29, 1.82) is 0 Å². The summed E-state index contributed by atoms with van der Waals surface area (Å²) in [7, 11) is 0. The number of carbonyl (C=O) groups excluding carboxylic acids is 2. The van der Waals surface area contributed by atoms with Gasteiger partial charge in [0.05, 0.1) is 17.8 Å². The third-order valence-corrected chi connectivity index (χ3v) is 4.19. The van der Waals surface area contributed by atoms with E-state index >= 15 is 0 Å². The molecule has 2 heterocycles. The molecule has 0 radical (unpaired) electrons. The van der Waals surface area contributed by atoms with E-state index in [0.29, 0.717) is 12.1 Å². The molecule has 0 N–H and O–H groups in total. The zero-order valence-corrected chi connectivity index (χ0v) is 13.3. The summed E-state index contributed by atoms with van der Waals surface area (Å²) in [6.45, 7) is 4.25. The van der Waals surface area contributed by atoms with Gasteiger partial charge in [-0.2, -0.15) is 0 Å². The molecule has 1 aromatic carbocycles. The lowest BCUT2D eigenvalue weighted by Crippen LogP contribution is -2.29. The zero-order valence-electron chi connectivity index (χ0n) is 11.7. The smallest absolute Gasteiger partial charge is 0.299 e. The number of rotatable bonds is 2. The van der Waals surface area contributed by atoms with E-state index in [-0.39, 0.29) is 0 Å². The molecule has 1 aliphatic rings. The number of carbonyl (C=O) groups is 2. The van der Waals surface area contributed by atoms with Gasteiger partial charge in [-0.25, -0.2) is 0 Å². The highest BCUT2D eigenvalue weighted by Gasteiger charge is 2.37. The van der Waals surface area contributed by atoms with Gasteiger partial charge in [0.1, 0.15) is 0 Å². The van der Waals surface area contributed by atoms with Crippen molar-refractivity contribution in [2.75, 3.05) is 4.90 Å². The van der Waals surface area contributed by atoms with Gasteiger partial charge in [-0.1, -0.05) is 6.07 Å². The first kappa shape index (κ1) is 13.9. The number of hydrogen-bond donors (Lipinski definition) is 0. The molecule has 21 heavy (non-hydrogen) atoms. The normalized spacial score (nSPS) is 13.8. The second-order valence-electron chi connectivity index (χ2n) is 5.14. The Morgan fingerprint density at radius 2 is 1.95 bits per heavy atom. The van der Waals surface area contributed by atoms with Gasteiger partial charge >= 0.3 is 0 Å². The van der Waals surface area contributed by atoms with E-state index in [1.807, 2.05) is 26.0 Å². The largest absolute Gasteiger partial charge is 0.300 e. The van der Waals surface area contributed by atoms with Gasteiger partial charge in [-0.05, 0) is 58.6 Å². The minimum Gasteiger partial charge on any atom is -0.300 e. The highest BCUT2D eigenvalue weighted by atomic mass is 79.9. The molecule has 106 valence electrons. The maximum absolute atomic E-state index is 12.3. The zero-order chi connectivity index (χ0) is 15.1. The van der Waals surface area contributed by atoms with Crippen LogP contribution in [0, 0.1) is 13.8 Å². The maximum atomic E-state index is 12.3. The van der Waals surface area contributed by atoms with Crippen LogP contribution in [0.4, 0.5) is 5.69 Å². The number of nitrogens with zero attached hydrogens (tertiary/aromatic N) is 2. The molecular weight excluding hydrogens is 332 g/mol. The van der Waals surface area contributed by atoms with Crippen LogP contribution in [-0.2, 0) is 11.3 Å². The molecule has 1 aliphatic heterocycles. The Morgan fingerprint density at radius 1 is 1.19 bits per heavy atom. The summed E-state index contributed by atoms with van der Waals surface area (Å²) in [5.41, 5.74) is 4.12. The summed E-state index contributed by atoms with van der Waals surface area (Å²) in [6.07, 6.45) is 3.38. The van der Waals surface area contributed by atoms with Crippen LogP contribution in [0.1, 0.15) is 27.0 Å². The molecule has 1 aromatic heterocycles. The standard InChI is InChI=1S/C16H13BrN2O2/c1-9-3-4-13-14(10(9)2)19(16(21)15(13)20)8-11-5-12(17)7-18-6-11/h3-7H,8H2,1-2H3. The van der Waals surface area contributed by atoms with Crippen molar-refractivity contribution in [2.45, 2.75) is 20.4 Å². The lowest BCUT2D eigenvalue weighted by atomic mass is 10.0. The second-order valence-corrected chi connectivity index (χ2v) is 6.05. The predicted octanol–water partition coefficient (Wildman–Crippen LogP) is 3.19. The summed E-state index contributed by atoms with van der Waals surface area (Å²) < 4.78 is 0.846. The van der Waals surface area contributed by atoms with Crippen molar-refractivity contribution < 1.29 is 9.59 Å². The van der Waals surface area contributed by atoms with Crippen LogP contribution in [0.5, 0.6) is 0 Å². The Hall–Kier alpha value is -2.01. The van der Waals surface area contributed by atoms with Gasteiger partial charge in [-0.3, -0.25) is 19.5 Å². The van der Waals surface area contributed by atoms with Crippen molar-refractivity contribution in [2.24, 2.45) is 0 Å². The highest BCUT2D eigenvalue weighted by Crippen LogP contribution is 2.35. The summed E-state index contributed by atoms with van der Waals surface area (Å²) in [4.78, 5) is 30.0. The number of hydrogen-bond acceptors (Lipinski definition) is 3. The molecule has 2 aromatic rings. The molecule has 0 bridgehead atoms. The van der Waals surface area contributed by atoms with Crippen LogP contribution in [-0.4, -0.2) is 16.7 Å². The number of Topliss-reactive ketones (excluding diaryl/α,β-unsaturated/α-hetero) is 1. The number of anilines is 1. The highest BCUT2D eigenvalue weighted by molar-refractivity contribution is 9.10. The van der Waals surface area contributed by atoms with Crippen LogP contribution in [0.25, 0.3) is 0 Å². The third-order valence-electron chi connectivity index (χ3n) is 3.76. The number of amides is 1. The van der Waals surface area contributed by atoms with Crippen LogP contribution < -0.4 is 4.90 Å². The molecular formula is C16H13BrN2O2. The second kappa shape index (κ2) is 5.07. The molecule has 1 amide bonds. The summed E-state index contributed by atoms with van der Waals surface area (Å²) >= 11 is 3.36. The molecule has 0 unspecified atom stereocenters. The number of ketones is 1. The van der Waals surface area contributed by atoms with Gasteiger partial charge in [-0.15, -0.1) is 0 Å². The van der Waals surface area contributed by atoms with Crippen molar-refractivity contribution in [1.82, 2.24) is 4.98 Å². The van der Waals surface area contributed by atoms with Crippen LogP contribution >= 0.6 is 15.9 Å². The van der Waals surface area contributed by atoms with E-state index in [1.165, 1.54) is 0 Å². The Balaban J connectivity index is 2.07. The van der Waals surface area contributed by atoms with E-state index in [0.717, 1.165) is 26.9 Å². The fraction of sp³-hybridized carbons (Fsp3) is 0.188. The first-order chi connectivity index (χ1) is 9.99. The van der Waals surface area contributed by atoms with Gasteiger partial charge < -0.3 is 0 Å². The topological polar surface area (TPSA) is 50.3 Å².